The van der Waals surface area contributed by atoms with Gasteiger partial charge in [0.15, 0.2) is 5.60 Å². The van der Waals surface area contributed by atoms with Crippen molar-refractivity contribution in [2.75, 3.05) is 0 Å². The first-order valence-corrected chi connectivity index (χ1v) is 6.26. The van der Waals surface area contributed by atoms with Gasteiger partial charge >= 0.3 is 11.9 Å². The molecule has 0 aliphatic rings. The Balaban J connectivity index is 2.37. The third-order valence-electron chi connectivity index (χ3n) is 3.43. The molecule has 2 N–H and O–H groups in total. The van der Waals surface area contributed by atoms with E-state index in [9.17, 15) is 18.7 Å². The highest BCUT2D eigenvalue weighted by molar-refractivity contribution is 5.77. The summed E-state index contributed by atoms with van der Waals surface area (Å²) in [5.41, 5.74) is -1.26. The molecule has 0 bridgehead atoms. The van der Waals surface area contributed by atoms with E-state index >= 15 is 0 Å². The van der Waals surface area contributed by atoms with Crippen LogP contribution in [0.4, 0.5) is 8.78 Å². The van der Waals surface area contributed by atoms with Crippen LogP contribution in [0.2, 0.25) is 0 Å². The van der Waals surface area contributed by atoms with Gasteiger partial charge in [0.2, 0.25) is 0 Å². The van der Waals surface area contributed by atoms with E-state index in [4.69, 9.17) is 5.11 Å². The number of benzene rings is 2. The number of aliphatic carboxylic acids is 1. The average Bonchev–Trinajstić information content (AvgIpc) is 2.48. The maximum absolute atomic E-state index is 13.6. The van der Waals surface area contributed by atoms with Crippen LogP contribution in [0.15, 0.2) is 54.6 Å². The van der Waals surface area contributed by atoms with Crippen LogP contribution < -0.4 is 0 Å². The summed E-state index contributed by atoms with van der Waals surface area (Å²) in [5, 5.41) is 18.5. The molecule has 0 aliphatic heterocycles. The summed E-state index contributed by atoms with van der Waals surface area (Å²) < 4.78 is 27.2. The minimum absolute atomic E-state index is 0.158. The molecule has 2 rings (SSSR count). The summed E-state index contributed by atoms with van der Waals surface area (Å²) in [5.74, 6) is -6.64. The Hall–Kier alpha value is -2.27. The van der Waals surface area contributed by atoms with E-state index in [1.54, 1.807) is 12.1 Å². The molecule has 0 spiro atoms. The molecule has 0 fully saturated rings. The fourth-order valence-electron chi connectivity index (χ4n) is 2.01. The van der Waals surface area contributed by atoms with E-state index in [0.29, 0.717) is 0 Å². The number of halogens is 2. The largest absolute Gasteiger partial charge is 0.477 e. The fourth-order valence-corrected chi connectivity index (χ4v) is 2.01. The maximum atomic E-state index is 13.6. The molecule has 0 heterocycles. The van der Waals surface area contributed by atoms with Gasteiger partial charge in [-0.3, -0.25) is 0 Å². The van der Waals surface area contributed by atoms with Crippen LogP contribution in [0.1, 0.15) is 12.5 Å². The smallest absolute Gasteiger partial charge is 0.378 e. The molecule has 1 atom stereocenters. The number of rotatable bonds is 4. The molecule has 0 radical (unpaired) electrons. The van der Waals surface area contributed by atoms with Crippen molar-refractivity contribution in [2.24, 2.45) is 0 Å². The van der Waals surface area contributed by atoms with Gasteiger partial charge in [-0.15, -0.1) is 0 Å². The van der Waals surface area contributed by atoms with Crippen molar-refractivity contribution in [3.8, 4) is 11.1 Å². The second-order valence-corrected chi connectivity index (χ2v) is 4.90. The molecule has 2 aromatic rings. The molecule has 5 heteroatoms. The molecule has 2 aromatic carbocycles. The number of carboxylic acid groups (broad SMARTS) is 1. The highest BCUT2D eigenvalue weighted by Gasteiger charge is 2.56. The summed E-state index contributed by atoms with van der Waals surface area (Å²) in [4.78, 5) is 10.6. The van der Waals surface area contributed by atoms with Gasteiger partial charge in [-0.1, -0.05) is 54.6 Å². The first-order valence-electron chi connectivity index (χ1n) is 6.26. The van der Waals surface area contributed by atoms with Crippen molar-refractivity contribution >= 4 is 5.97 Å². The van der Waals surface area contributed by atoms with Gasteiger partial charge in [0.05, 0.1) is 0 Å². The molecular weight excluding hydrogens is 278 g/mol. The monoisotopic (exact) mass is 292 g/mol. The van der Waals surface area contributed by atoms with Gasteiger partial charge < -0.3 is 10.2 Å². The van der Waals surface area contributed by atoms with Gasteiger partial charge in [0, 0.05) is 0 Å². The highest BCUT2D eigenvalue weighted by atomic mass is 19.3. The lowest BCUT2D eigenvalue weighted by Gasteiger charge is -2.29. The van der Waals surface area contributed by atoms with E-state index in [1.807, 2.05) is 30.3 Å². The Morgan fingerprint density at radius 2 is 1.43 bits per heavy atom. The van der Waals surface area contributed by atoms with Crippen molar-refractivity contribution < 1.29 is 23.8 Å². The molecule has 21 heavy (non-hydrogen) atoms. The van der Waals surface area contributed by atoms with E-state index < -0.39 is 17.5 Å². The Labute approximate surface area is 120 Å². The Kier molecular flexibility index (Phi) is 3.78. The lowest BCUT2D eigenvalue weighted by molar-refractivity contribution is -0.207. The van der Waals surface area contributed by atoms with Crippen molar-refractivity contribution in [1.29, 1.82) is 0 Å². The number of carbonyl (C=O) groups is 1. The molecule has 1 unspecified atom stereocenters. The van der Waals surface area contributed by atoms with Gasteiger partial charge in [-0.2, -0.15) is 8.78 Å². The van der Waals surface area contributed by atoms with Crippen LogP contribution in [0, 0.1) is 0 Å². The quantitative estimate of drug-likeness (QED) is 0.909. The standard InChI is InChI=1S/C16H14F2O3/c1-15(21,16(17,18)14(19)20)13-9-7-12(8-10-13)11-5-3-2-4-6-11/h2-10,21H,1H3,(H,19,20). The molecular formula is C16H14F2O3. The molecule has 0 amide bonds. The first kappa shape index (κ1) is 15.1. The number of alkyl halides is 2. The van der Waals surface area contributed by atoms with Gasteiger partial charge in [-0.05, 0) is 23.6 Å². The second-order valence-electron chi connectivity index (χ2n) is 4.90. The third-order valence-corrected chi connectivity index (χ3v) is 3.43. The minimum atomic E-state index is -4.28. The minimum Gasteiger partial charge on any atom is -0.477 e. The lowest BCUT2D eigenvalue weighted by atomic mass is 9.88. The third kappa shape index (κ3) is 2.64. The summed E-state index contributed by atoms with van der Waals surface area (Å²) in [6.45, 7) is 0.790. The average molecular weight is 292 g/mol. The van der Waals surface area contributed by atoms with Gasteiger partial charge in [0.1, 0.15) is 0 Å². The van der Waals surface area contributed by atoms with Crippen LogP contribution >= 0.6 is 0 Å². The second kappa shape index (κ2) is 5.26. The van der Waals surface area contributed by atoms with E-state index in [-0.39, 0.29) is 5.56 Å². The van der Waals surface area contributed by atoms with Crippen molar-refractivity contribution in [1.82, 2.24) is 0 Å². The highest BCUT2D eigenvalue weighted by Crippen LogP contribution is 2.38. The number of carboxylic acids is 1. The molecule has 0 aliphatic carbocycles. The molecule has 0 saturated carbocycles. The van der Waals surface area contributed by atoms with Crippen molar-refractivity contribution in [3.63, 3.8) is 0 Å². The number of hydrogen-bond acceptors (Lipinski definition) is 2. The predicted octanol–water partition coefficient (Wildman–Crippen LogP) is 3.28. The first-order chi connectivity index (χ1) is 9.76. The number of aliphatic hydroxyl groups is 1. The van der Waals surface area contributed by atoms with E-state index in [0.717, 1.165) is 18.1 Å². The Morgan fingerprint density at radius 1 is 0.952 bits per heavy atom. The maximum Gasteiger partial charge on any atom is 0.378 e. The fraction of sp³-hybridized carbons (Fsp3) is 0.188. The van der Waals surface area contributed by atoms with Crippen molar-refractivity contribution in [3.05, 3.63) is 60.2 Å². The molecule has 110 valence electrons. The molecule has 0 aromatic heterocycles. The zero-order valence-electron chi connectivity index (χ0n) is 11.3. The molecule has 0 saturated heterocycles. The van der Waals surface area contributed by atoms with Crippen LogP contribution in [-0.4, -0.2) is 22.1 Å². The van der Waals surface area contributed by atoms with Gasteiger partial charge in [-0.25, -0.2) is 4.79 Å². The summed E-state index contributed by atoms with van der Waals surface area (Å²) in [6.07, 6.45) is 0. The van der Waals surface area contributed by atoms with E-state index in [2.05, 4.69) is 0 Å². The lowest BCUT2D eigenvalue weighted by Crippen LogP contribution is -2.48. The molecule has 3 nitrogen and oxygen atoms in total. The summed E-state index contributed by atoms with van der Waals surface area (Å²) >= 11 is 0. The SMILES string of the molecule is CC(O)(c1ccc(-c2ccccc2)cc1)C(F)(F)C(=O)O. The predicted molar refractivity (Wildman–Crippen MR) is 74.0 cm³/mol. The number of hydrogen-bond donors (Lipinski definition) is 2. The summed E-state index contributed by atoms with van der Waals surface area (Å²) in [6, 6.07) is 15.0. The topological polar surface area (TPSA) is 57.5 Å². The van der Waals surface area contributed by atoms with Crippen LogP contribution in [0.25, 0.3) is 11.1 Å². The Bertz CT molecular complexity index is 634. The van der Waals surface area contributed by atoms with Gasteiger partial charge in [0.25, 0.3) is 0 Å². The van der Waals surface area contributed by atoms with Crippen LogP contribution in [0.3, 0.4) is 0 Å². The van der Waals surface area contributed by atoms with Crippen molar-refractivity contribution in [2.45, 2.75) is 18.4 Å². The zero-order chi connectivity index (χ0) is 15.7. The zero-order valence-corrected chi connectivity index (χ0v) is 11.3. The van der Waals surface area contributed by atoms with E-state index in [1.165, 1.54) is 12.1 Å². The van der Waals surface area contributed by atoms with Crippen LogP contribution in [0.5, 0.6) is 0 Å². The normalized spacial score (nSPS) is 14.5. The van der Waals surface area contributed by atoms with Crippen LogP contribution in [-0.2, 0) is 10.4 Å². The Morgan fingerprint density at radius 3 is 1.90 bits per heavy atom. The summed E-state index contributed by atoms with van der Waals surface area (Å²) in [7, 11) is 0.